The topological polar surface area (TPSA) is 70.5 Å². The van der Waals surface area contributed by atoms with Crippen LogP contribution in [-0.2, 0) is 10.8 Å². The van der Waals surface area contributed by atoms with Crippen molar-refractivity contribution in [1.82, 2.24) is 0 Å². The Hall–Kier alpha value is -2.36. The average molecular weight is 385 g/mol. The minimum absolute atomic E-state index is 0.00760. The minimum Gasteiger partial charge on any atom is -0.493 e. The molecule has 0 saturated heterocycles. The van der Waals surface area contributed by atoms with Gasteiger partial charge in [-0.05, 0) is 60.1 Å². The van der Waals surface area contributed by atoms with Crippen LogP contribution < -0.4 is 20.9 Å². The lowest BCUT2D eigenvalue weighted by Crippen LogP contribution is -2.15. The highest BCUT2D eigenvalue weighted by molar-refractivity contribution is 5.51. The fraction of sp³-hybridized carbons (Fsp3) is 0.500. The van der Waals surface area contributed by atoms with Crippen molar-refractivity contribution in [3.63, 3.8) is 0 Å². The Bertz CT molecular complexity index is 719. The van der Waals surface area contributed by atoms with Gasteiger partial charge in [0.15, 0.2) is 0 Å². The number of unbranched alkanes of at least 4 members (excludes halogenated alkanes) is 1. The lowest BCUT2D eigenvalue weighted by atomic mass is 9.86. The summed E-state index contributed by atoms with van der Waals surface area (Å²) in [5.74, 6) is 1.83. The summed E-state index contributed by atoms with van der Waals surface area (Å²) >= 11 is 0. The second kappa shape index (κ2) is 8.76. The summed E-state index contributed by atoms with van der Waals surface area (Å²) in [5, 5.41) is 0. The van der Waals surface area contributed by atoms with E-state index in [-0.39, 0.29) is 10.8 Å². The fourth-order valence-electron chi connectivity index (χ4n) is 3.09. The van der Waals surface area contributed by atoms with Crippen LogP contribution in [0.4, 0.5) is 11.4 Å². The molecular weight excluding hydrogens is 348 g/mol. The van der Waals surface area contributed by atoms with E-state index >= 15 is 0 Å². The lowest BCUT2D eigenvalue weighted by Gasteiger charge is -2.24. The highest BCUT2D eigenvalue weighted by Gasteiger charge is 2.20. The van der Waals surface area contributed by atoms with Crippen LogP contribution in [0.1, 0.15) is 65.5 Å². The van der Waals surface area contributed by atoms with Gasteiger partial charge in [-0.25, -0.2) is 0 Å². The van der Waals surface area contributed by atoms with Crippen molar-refractivity contribution in [3.05, 3.63) is 47.5 Å². The molecule has 0 aromatic heterocycles. The molecule has 0 aliphatic heterocycles. The van der Waals surface area contributed by atoms with Gasteiger partial charge >= 0.3 is 0 Å². The Balaban J connectivity index is 1.86. The number of benzene rings is 2. The zero-order chi connectivity index (χ0) is 20.9. The Kier molecular flexibility index (Phi) is 6.87. The van der Waals surface area contributed by atoms with Gasteiger partial charge in [0.25, 0.3) is 0 Å². The van der Waals surface area contributed by atoms with Gasteiger partial charge in [0, 0.05) is 22.5 Å². The predicted molar refractivity (Wildman–Crippen MR) is 119 cm³/mol. The van der Waals surface area contributed by atoms with Crippen LogP contribution in [0.2, 0.25) is 0 Å². The molecular formula is C24H36N2O2. The maximum Gasteiger partial charge on any atom is 0.123 e. The van der Waals surface area contributed by atoms with Crippen molar-refractivity contribution in [2.45, 2.75) is 65.2 Å². The Morgan fingerprint density at radius 3 is 1.32 bits per heavy atom. The first-order chi connectivity index (χ1) is 13.0. The molecule has 4 N–H and O–H groups in total. The molecule has 0 aliphatic carbocycles. The molecule has 0 aliphatic rings. The molecule has 2 rings (SSSR count). The number of nitrogens with two attached hydrogens (primary N) is 2. The van der Waals surface area contributed by atoms with Crippen molar-refractivity contribution in [2.24, 2.45) is 0 Å². The first-order valence-electron chi connectivity index (χ1n) is 10.0. The molecule has 0 fully saturated rings. The molecule has 0 heterocycles. The first-order valence-corrected chi connectivity index (χ1v) is 10.0. The Morgan fingerprint density at radius 1 is 0.643 bits per heavy atom. The van der Waals surface area contributed by atoms with Gasteiger partial charge < -0.3 is 20.9 Å². The molecule has 0 atom stereocenters. The van der Waals surface area contributed by atoms with Crippen molar-refractivity contribution in [3.8, 4) is 11.5 Å². The number of anilines is 2. The summed E-state index contributed by atoms with van der Waals surface area (Å²) in [4.78, 5) is 0. The summed E-state index contributed by atoms with van der Waals surface area (Å²) in [7, 11) is 0. The SMILES string of the molecule is CC(C)(C)c1cc(N)ccc1OCCCCOc1ccc(N)cc1C(C)(C)C. The van der Waals surface area contributed by atoms with E-state index in [0.29, 0.717) is 13.2 Å². The van der Waals surface area contributed by atoms with Gasteiger partial charge in [0.2, 0.25) is 0 Å². The van der Waals surface area contributed by atoms with Crippen LogP contribution in [0, 0.1) is 0 Å². The monoisotopic (exact) mass is 384 g/mol. The summed E-state index contributed by atoms with van der Waals surface area (Å²) in [5.41, 5.74) is 15.7. The van der Waals surface area contributed by atoms with Crippen molar-refractivity contribution in [2.75, 3.05) is 24.7 Å². The van der Waals surface area contributed by atoms with E-state index < -0.39 is 0 Å². The molecule has 4 nitrogen and oxygen atoms in total. The van der Waals surface area contributed by atoms with Gasteiger partial charge in [-0.15, -0.1) is 0 Å². The average Bonchev–Trinajstić information content (AvgIpc) is 2.58. The van der Waals surface area contributed by atoms with Crippen LogP contribution in [0.3, 0.4) is 0 Å². The molecule has 2 aromatic rings. The molecule has 0 spiro atoms. The number of nitrogen functional groups attached to an aromatic ring is 2. The standard InChI is InChI=1S/C24H36N2O2/c1-23(2,3)19-15-17(25)9-11-21(19)27-13-7-8-14-28-22-12-10-18(26)16-20(22)24(4,5)6/h9-12,15-16H,7-8,13-14,25-26H2,1-6H3. The van der Waals surface area contributed by atoms with E-state index in [1.54, 1.807) is 0 Å². The van der Waals surface area contributed by atoms with Gasteiger partial charge in [-0.3, -0.25) is 0 Å². The predicted octanol–water partition coefficient (Wildman–Crippen LogP) is 5.68. The molecule has 0 bridgehead atoms. The second-order valence-electron chi connectivity index (χ2n) is 9.42. The van der Waals surface area contributed by atoms with Gasteiger partial charge in [-0.2, -0.15) is 0 Å². The molecule has 4 heteroatoms. The normalized spacial score (nSPS) is 12.1. The van der Waals surface area contributed by atoms with Crippen LogP contribution in [-0.4, -0.2) is 13.2 Å². The molecule has 0 unspecified atom stereocenters. The third-order valence-corrected chi connectivity index (χ3v) is 4.68. The van der Waals surface area contributed by atoms with E-state index in [2.05, 4.69) is 41.5 Å². The Morgan fingerprint density at radius 2 is 1.00 bits per heavy atom. The van der Waals surface area contributed by atoms with Crippen molar-refractivity contribution < 1.29 is 9.47 Å². The Labute approximate surface area is 170 Å². The largest absolute Gasteiger partial charge is 0.493 e. The first kappa shape index (κ1) is 21.9. The highest BCUT2D eigenvalue weighted by Crippen LogP contribution is 2.34. The lowest BCUT2D eigenvalue weighted by molar-refractivity contribution is 0.260. The summed E-state index contributed by atoms with van der Waals surface area (Å²) < 4.78 is 12.1. The number of rotatable bonds is 7. The van der Waals surface area contributed by atoms with E-state index in [1.165, 1.54) is 0 Å². The van der Waals surface area contributed by atoms with Crippen LogP contribution in [0.15, 0.2) is 36.4 Å². The minimum atomic E-state index is -0.00760. The molecule has 0 saturated carbocycles. The zero-order valence-electron chi connectivity index (χ0n) is 18.3. The molecule has 154 valence electrons. The number of hydrogen-bond acceptors (Lipinski definition) is 4. The number of ether oxygens (including phenoxy) is 2. The quantitative estimate of drug-likeness (QED) is 0.475. The third kappa shape index (κ3) is 6.08. The molecule has 28 heavy (non-hydrogen) atoms. The second-order valence-corrected chi connectivity index (χ2v) is 9.42. The van der Waals surface area contributed by atoms with E-state index in [9.17, 15) is 0 Å². The molecule has 0 radical (unpaired) electrons. The van der Waals surface area contributed by atoms with Gasteiger partial charge in [0.05, 0.1) is 13.2 Å². The maximum absolute atomic E-state index is 6.04. The van der Waals surface area contributed by atoms with E-state index in [1.807, 2.05) is 36.4 Å². The van der Waals surface area contributed by atoms with Crippen molar-refractivity contribution >= 4 is 11.4 Å². The van der Waals surface area contributed by atoms with Crippen LogP contribution >= 0.6 is 0 Å². The van der Waals surface area contributed by atoms with Gasteiger partial charge in [0.1, 0.15) is 11.5 Å². The van der Waals surface area contributed by atoms with Crippen LogP contribution in [0.5, 0.6) is 11.5 Å². The van der Waals surface area contributed by atoms with E-state index in [4.69, 9.17) is 20.9 Å². The van der Waals surface area contributed by atoms with Crippen molar-refractivity contribution in [1.29, 1.82) is 0 Å². The highest BCUT2D eigenvalue weighted by atomic mass is 16.5. The zero-order valence-corrected chi connectivity index (χ0v) is 18.3. The molecule has 2 aromatic carbocycles. The van der Waals surface area contributed by atoms with Gasteiger partial charge in [-0.1, -0.05) is 41.5 Å². The number of hydrogen-bond donors (Lipinski definition) is 2. The third-order valence-electron chi connectivity index (χ3n) is 4.68. The fourth-order valence-corrected chi connectivity index (χ4v) is 3.09. The van der Waals surface area contributed by atoms with E-state index in [0.717, 1.165) is 46.8 Å². The summed E-state index contributed by atoms with van der Waals surface area (Å²) in [6.07, 6.45) is 1.85. The molecule has 0 amide bonds. The maximum atomic E-state index is 6.04. The van der Waals surface area contributed by atoms with Crippen LogP contribution in [0.25, 0.3) is 0 Å². The summed E-state index contributed by atoms with van der Waals surface area (Å²) in [6.45, 7) is 14.3. The summed E-state index contributed by atoms with van der Waals surface area (Å²) in [6, 6.07) is 11.7. The smallest absolute Gasteiger partial charge is 0.123 e.